The largest absolute Gasteiger partial charge is 0.371 e. The number of rotatable bonds is 3. The molecule has 0 spiro atoms. The highest BCUT2D eigenvalue weighted by atomic mass is 16.1. The molecule has 1 atom stereocenters. The van der Waals surface area contributed by atoms with Crippen LogP contribution >= 0.6 is 0 Å². The standard InChI is InChI=1S/C14H23NO/c1-3-4-9-15-11(2)10-14(16)12-7-5-6-8-13(12)15/h11H,3-10H2,1-2H3. The molecule has 1 aliphatic heterocycles. The first-order valence-corrected chi connectivity index (χ1v) is 6.76. The van der Waals surface area contributed by atoms with Crippen LogP contribution in [0.5, 0.6) is 0 Å². The van der Waals surface area contributed by atoms with Gasteiger partial charge in [-0.1, -0.05) is 13.3 Å². The third-order valence-electron chi connectivity index (χ3n) is 3.89. The van der Waals surface area contributed by atoms with E-state index in [-0.39, 0.29) is 0 Å². The molecular formula is C14H23NO. The van der Waals surface area contributed by atoms with E-state index in [1.54, 1.807) is 0 Å². The van der Waals surface area contributed by atoms with Crippen LogP contribution in [-0.2, 0) is 4.79 Å². The lowest BCUT2D eigenvalue weighted by atomic mass is 9.86. The maximum absolute atomic E-state index is 12.0. The van der Waals surface area contributed by atoms with E-state index in [1.807, 2.05) is 0 Å². The molecular weight excluding hydrogens is 198 g/mol. The number of carbonyl (C=O) groups is 1. The molecule has 0 bridgehead atoms. The van der Waals surface area contributed by atoms with Crippen LogP contribution in [-0.4, -0.2) is 23.3 Å². The van der Waals surface area contributed by atoms with E-state index >= 15 is 0 Å². The maximum Gasteiger partial charge on any atom is 0.162 e. The van der Waals surface area contributed by atoms with Crippen molar-refractivity contribution < 1.29 is 4.79 Å². The van der Waals surface area contributed by atoms with Gasteiger partial charge >= 0.3 is 0 Å². The van der Waals surface area contributed by atoms with Gasteiger partial charge in [-0.3, -0.25) is 4.79 Å². The Bertz CT molecular complexity index is 306. The summed E-state index contributed by atoms with van der Waals surface area (Å²) in [6.45, 7) is 5.58. The molecule has 0 aromatic heterocycles. The summed E-state index contributed by atoms with van der Waals surface area (Å²) < 4.78 is 0. The van der Waals surface area contributed by atoms with Gasteiger partial charge in [-0.2, -0.15) is 0 Å². The molecule has 2 nitrogen and oxygen atoms in total. The average Bonchev–Trinajstić information content (AvgIpc) is 2.29. The summed E-state index contributed by atoms with van der Waals surface area (Å²) in [5.74, 6) is 0.426. The number of hydrogen-bond donors (Lipinski definition) is 0. The number of Topliss-reactive ketones (excluding diaryl/α,β-unsaturated/α-hetero) is 1. The summed E-state index contributed by atoms with van der Waals surface area (Å²) >= 11 is 0. The van der Waals surface area contributed by atoms with Gasteiger partial charge < -0.3 is 4.90 Å². The molecule has 1 heterocycles. The number of ketones is 1. The van der Waals surface area contributed by atoms with Crippen molar-refractivity contribution in [2.45, 2.75) is 64.8 Å². The molecule has 0 amide bonds. The summed E-state index contributed by atoms with van der Waals surface area (Å²) in [5, 5.41) is 0. The molecule has 0 fully saturated rings. The number of unbranched alkanes of at least 4 members (excludes halogenated alkanes) is 1. The van der Waals surface area contributed by atoms with Crippen molar-refractivity contribution in [2.75, 3.05) is 6.54 Å². The number of hydrogen-bond acceptors (Lipinski definition) is 2. The van der Waals surface area contributed by atoms with Crippen molar-refractivity contribution in [2.24, 2.45) is 0 Å². The molecule has 1 aliphatic carbocycles. The predicted molar refractivity (Wildman–Crippen MR) is 66.2 cm³/mol. The Balaban J connectivity index is 2.20. The lowest BCUT2D eigenvalue weighted by Gasteiger charge is -2.40. The Kier molecular flexibility index (Phi) is 3.67. The van der Waals surface area contributed by atoms with Crippen LogP contribution in [0.25, 0.3) is 0 Å². The Labute approximate surface area is 98.7 Å². The average molecular weight is 221 g/mol. The van der Waals surface area contributed by atoms with Crippen LogP contribution in [0.1, 0.15) is 58.8 Å². The molecule has 0 aromatic carbocycles. The molecule has 2 rings (SSSR count). The first-order valence-electron chi connectivity index (χ1n) is 6.76. The van der Waals surface area contributed by atoms with Gasteiger partial charge in [0.2, 0.25) is 0 Å². The third kappa shape index (κ3) is 2.16. The second-order valence-electron chi connectivity index (χ2n) is 5.16. The molecule has 0 N–H and O–H groups in total. The first-order chi connectivity index (χ1) is 7.74. The van der Waals surface area contributed by atoms with E-state index in [9.17, 15) is 4.79 Å². The van der Waals surface area contributed by atoms with Crippen molar-refractivity contribution >= 4 is 5.78 Å². The quantitative estimate of drug-likeness (QED) is 0.729. The van der Waals surface area contributed by atoms with Gasteiger partial charge in [0, 0.05) is 30.3 Å². The zero-order valence-corrected chi connectivity index (χ0v) is 10.6. The first kappa shape index (κ1) is 11.7. The summed E-state index contributed by atoms with van der Waals surface area (Å²) in [6.07, 6.45) is 7.86. The van der Waals surface area contributed by atoms with Crippen molar-refractivity contribution in [3.63, 3.8) is 0 Å². The molecule has 0 saturated heterocycles. The topological polar surface area (TPSA) is 20.3 Å². The van der Waals surface area contributed by atoms with E-state index < -0.39 is 0 Å². The fourth-order valence-corrected chi connectivity index (χ4v) is 2.96. The van der Waals surface area contributed by atoms with Gasteiger partial charge in [0.05, 0.1) is 0 Å². The second kappa shape index (κ2) is 5.03. The molecule has 90 valence electrons. The minimum absolute atomic E-state index is 0.426. The smallest absolute Gasteiger partial charge is 0.162 e. The lowest BCUT2D eigenvalue weighted by molar-refractivity contribution is -0.118. The molecule has 1 unspecified atom stereocenters. The lowest BCUT2D eigenvalue weighted by Crippen LogP contribution is -2.41. The predicted octanol–water partition coefficient (Wildman–Crippen LogP) is 3.28. The molecule has 0 radical (unpaired) electrons. The highest BCUT2D eigenvalue weighted by Crippen LogP contribution is 2.34. The summed E-state index contributed by atoms with van der Waals surface area (Å²) in [4.78, 5) is 14.5. The van der Waals surface area contributed by atoms with E-state index in [2.05, 4.69) is 18.7 Å². The van der Waals surface area contributed by atoms with Gasteiger partial charge in [0.15, 0.2) is 5.78 Å². The number of carbonyl (C=O) groups excluding carboxylic acids is 1. The SMILES string of the molecule is CCCCN1C2=C(CCCC2)C(=O)CC1C. The van der Waals surface area contributed by atoms with E-state index in [1.165, 1.54) is 37.0 Å². The van der Waals surface area contributed by atoms with Gasteiger partial charge in [-0.25, -0.2) is 0 Å². The van der Waals surface area contributed by atoms with E-state index in [0.29, 0.717) is 11.8 Å². The Morgan fingerprint density at radius 2 is 2.06 bits per heavy atom. The molecule has 2 aliphatic rings. The Morgan fingerprint density at radius 3 is 2.81 bits per heavy atom. The minimum Gasteiger partial charge on any atom is -0.371 e. The second-order valence-corrected chi connectivity index (χ2v) is 5.16. The van der Waals surface area contributed by atoms with Crippen molar-refractivity contribution in [3.05, 3.63) is 11.3 Å². The van der Waals surface area contributed by atoms with Gasteiger partial charge in [0.1, 0.15) is 0 Å². The molecule has 0 saturated carbocycles. The van der Waals surface area contributed by atoms with Crippen LogP contribution in [0.4, 0.5) is 0 Å². The Hall–Kier alpha value is -0.790. The number of nitrogens with zero attached hydrogens (tertiary/aromatic N) is 1. The van der Waals surface area contributed by atoms with Crippen LogP contribution in [0.15, 0.2) is 11.3 Å². The molecule has 16 heavy (non-hydrogen) atoms. The highest BCUT2D eigenvalue weighted by Gasteiger charge is 2.31. The maximum atomic E-state index is 12.0. The summed E-state index contributed by atoms with van der Waals surface area (Å²) in [5.41, 5.74) is 2.56. The van der Waals surface area contributed by atoms with Crippen LogP contribution in [0.3, 0.4) is 0 Å². The monoisotopic (exact) mass is 221 g/mol. The van der Waals surface area contributed by atoms with Gasteiger partial charge in [-0.15, -0.1) is 0 Å². The highest BCUT2D eigenvalue weighted by molar-refractivity contribution is 5.97. The molecule has 0 aromatic rings. The van der Waals surface area contributed by atoms with Gasteiger partial charge in [-0.05, 0) is 39.0 Å². The van der Waals surface area contributed by atoms with Crippen molar-refractivity contribution in [3.8, 4) is 0 Å². The fourth-order valence-electron chi connectivity index (χ4n) is 2.96. The fraction of sp³-hybridized carbons (Fsp3) is 0.786. The number of allylic oxidation sites excluding steroid dienone is 2. The zero-order valence-electron chi connectivity index (χ0n) is 10.6. The third-order valence-corrected chi connectivity index (χ3v) is 3.89. The van der Waals surface area contributed by atoms with Crippen LogP contribution in [0, 0.1) is 0 Å². The van der Waals surface area contributed by atoms with Crippen LogP contribution < -0.4 is 0 Å². The van der Waals surface area contributed by atoms with Crippen LogP contribution in [0.2, 0.25) is 0 Å². The normalized spacial score (nSPS) is 26.0. The summed E-state index contributed by atoms with van der Waals surface area (Å²) in [7, 11) is 0. The van der Waals surface area contributed by atoms with Crippen molar-refractivity contribution in [1.29, 1.82) is 0 Å². The van der Waals surface area contributed by atoms with Gasteiger partial charge in [0.25, 0.3) is 0 Å². The van der Waals surface area contributed by atoms with E-state index in [0.717, 1.165) is 25.8 Å². The van der Waals surface area contributed by atoms with E-state index in [4.69, 9.17) is 0 Å². The minimum atomic E-state index is 0.426. The summed E-state index contributed by atoms with van der Waals surface area (Å²) in [6, 6.07) is 0.427. The van der Waals surface area contributed by atoms with Crippen molar-refractivity contribution in [1.82, 2.24) is 4.90 Å². The zero-order chi connectivity index (χ0) is 11.5. The Morgan fingerprint density at radius 1 is 1.31 bits per heavy atom. The molecule has 2 heteroatoms.